The number of hydrogen-bond acceptors (Lipinski definition) is 4. The van der Waals surface area contributed by atoms with E-state index in [1.54, 1.807) is 13.8 Å². The molecule has 0 bridgehead atoms. The Labute approximate surface area is 77.1 Å². The zero-order valence-corrected chi connectivity index (χ0v) is 8.03. The van der Waals surface area contributed by atoms with Crippen LogP contribution in [0.15, 0.2) is 11.1 Å². The molecule has 1 rings (SSSR count). The number of carbonyl (C=O) groups is 1. The van der Waals surface area contributed by atoms with Crippen molar-refractivity contribution in [1.82, 2.24) is 0 Å². The highest BCUT2D eigenvalue weighted by molar-refractivity contribution is 5.99. The van der Waals surface area contributed by atoms with Gasteiger partial charge in [0, 0.05) is 7.11 Å². The SMILES string of the molecule is COC1OC(CO)C(=O)C(C)=C1C. The summed E-state index contributed by atoms with van der Waals surface area (Å²) in [7, 11) is 1.51. The van der Waals surface area contributed by atoms with Gasteiger partial charge in [-0.3, -0.25) is 4.79 Å². The molecule has 1 N–H and O–H groups in total. The summed E-state index contributed by atoms with van der Waals surface area (Å²) in [5.74, 6) is -0.159. The van der Waals surface area contributed by atoms with Crippen LogP contribution >= 0.6 is 0 Å². The molecule has 1 aliphatic rings. The normalized spacial score (nSPS) is 29.7. The van der Waals surface area contributed by atoms with Gasteiger partial charge in [0.1, 0.15) is 6.10 Å². The van der Waals surface area contributed by atoms with Crippen LogP contribution in [0.3, 0.4) is 0 Å². The van der Waals surface area contributed by atoms with Crippen molar-refractivity contribution >= 4 is 5.78 Å². The summed E-state index contributed by atoms with van der Waals surface area (Å²) in [5, 5.41) is 8.85. The summed E-state index contributed by atoms with van der Waals surface area (Å²) in [6.45, 7) is 3.20. The van der Waals surface area contributed by atoms with E-state index in [2.05, 4.69) is 0 Å². The molecule has 74 valence electrons. The summed E-state index contributed by atoms with van der Waals surface area (Å²) in [6, 6.07) is 0. The summed E-state index contributed by atoms with van der Waals surface area (Å²) in [4.78, 5) is 11.4. The van der Waals surface area contributed by atoms with E-state index < -0.39 is 12.4 Å². The van der Waals surface area contributed by atoms with Crippen LogP contribution in [-0.4, -0.2) is 37.0 Å². The summed E-state index contributed by atoms with van der Waals surface area (Å²) in [5.41, 5.74) is 1.40. The maximum atomic E-state index is 11.4. The first-order valence-corrected chi connectivity index (χ1v) is 4.12. The predicted octanol–water partition coefficient (Wildman–Crippen LogP) is 0.255. The molecular formula is C9H14O4. The molecule has 0 spiro atoms. The molecular weight excluding hydrogens is 172 g/mol. The third-order valence-electron chi connectivity index (χ3n) is 2.27. The van der Waals surface area contributed by atoms with E-state index in [0.717, 1.165) is 5.57 Å². The summed E-state index contributed by atoms with van der Waals surface area (Å²) >= 11 is 0. The van der Waals surface area contributed by atoms with Gasteiger partial charge in [0.15, 0.2) is 12.1 Å². The van der Waals surface area contributed by atoms with E-state index in [4.69, 9.17) is 14.6 Å². The third-order valence-corrected chi connectivity index (χ3v) is 2.27. The second kappa shape index (κ2) is 4.00. The second-order valence-corrected chi connectivity index (χ2v) is 3.05. The van der Waals surface area contributed by atoms with E-state index in [0.29, 0.717) is 5.57 Å². The van der Waals surface area contributed by atoms with Gasteiger partial charge in [-0.25, -0.2) is 0 Å². The zero-order valence-electron chi connectivity index (χ0n) is 8.03. The minimum atomic E-state index is -0.770. The van der Waals surface area contributed by atoms with Gasteiger partial charge >= 0.3 is 0 Å². The highest BCUT2D eigenvalue weighted by Crippen LogP contribution is 2.22. The minimum absolute atomic E-state index is 0.159. The van der Waals surface area contributed by atoms with Crippen LogP contribution in [0.25, 0.3) is 0 Å². The molecule has 0 aromatic carbocycles. The Hall–Kier alpha value is -0.710. The monoisotopic (exact) mass is 186 g/mol. The first kappa shape index (κ1) is 10.4. The Kier molecular flexibility index (Phi) is 3.19. The number of hydrogen-bond donors (Lipinski definition) is 1. The first-order valence-electron chi connectivity index (χ1n) is 4.12. The van der Waals surface area contributed by atoms with Gasteiger partial charge < -0.3 is 14.6 Å². The van der Waals surface area contributed by atoms with Crippen molar-refractivity contribution in [1.29, 1.82) is 0 Å². The zero-order chi connectivity index (χ0) is 10.0. The predicted molar refractivity (Wildman–Crippen MR) is 46.1 cm³/mol. The van der Waals surface area contributed by atoms with Crippen molar-refractivity contribution in [3.8, 4) is 0 Å². The molecule has 4 heteroatoms. The molecule has 0 saturated carbocycles. The quantitative estimate of drug-likeness (QED) is 0.672. The van der Waals surface area contributed by atoms with Gasteiger partial charge in [-0.1, -0.05) is 0 Å². The number of ketones is 1. The van der Waals surface area contributed by atoms with Crippen molar-refractivity contribution < 1.29 is 19.4 Å². The number of ether oxygens (including phenoxy) is 2. The van der Waals surface area contributed by atoms with Crippen LogP contribution in [0, 0.1) is 0 Å². The largest absolute Gasteiger partial charge is 0.393 e. The van der Waals surface area contributed by atoms with Crippen LogP contribution in [0.1, 0.15) is 13.8 Å². The maximum Gasteiger partial charge on any atom is 0.189 e. The average molecular weight is 186 g/mol. The molecule has 1 heterocycles. The van der Waals surface area contributed by atoms with Gasteiger partial charge in [0.25, 0.3) is 0 Å². The standard InChI is InChI=1S/C9H14O4/c1-5-6(2)9(12-3)13-7(4-10)8(5)11/h7,9-10H,4H2,1-3H3. The summed E-state index contributed by atoms with van der Waals surface area (Å²) < 4.78 is 10.2. The first-order chi connectivity index (χ1) is 6.11. The Bertz CT molecular complexity index is 244. The number of Topliss-reactive ketones (excluding diaryl/α,β-unsaturated/α-hetero) is 1. The van der Waals surface area contributed by atoms with E-state index in [-0.39, 0.29) is 12.4 Å². The third kappa shape index (κ3) is 1.80. The number of carbonyl (C=O) groups excluding carboxylic acids is 1. The lowest BCUT2D eigenvalue weighted by atomic mass is 10.00. The van der Waals surface area contributed by atoms with Crippen LogP contribution in [0.2, 0.25) is 0 Å². The molecule has 1 aliphatic heterocycles. The number of methoxy groups -OCH3 is 1. The van der Waals surface area contributed by atoms with Crippen molar-refractivity contribution in [2.45, 2.75) is 26.2 Å². The number of rotatable bonds is 2. The fourth-order valence-corrected chi connectivity index (χ4v) is 1.28. The molecule has 2 unspecified atom stereocenters. The molecule has 0 aliphatic carbocycles. The van der Waals surface area contributed by atoms with Crippen molar-refractivity contribution in [2.24, 2.45) is 0 Å². The Morgan fingerprint density at radius 3 is 2.62 bits per heavy atom. The molecule has 0 aromatic heterocycles. The van der Waals surface area contributed by atoms with Crippen molar-refractivity contribution in [3.63, 3.8) is 0 Å². The molecule has 0 fully saturated rings. The van der Waals surface area contributed by atoms with Gasteiger partial charge in [0.2, 0.25) is 0 Å². The highest BCUT2D eigenvalue weighted by atomic mass is 16.7. The lowest BCUT2D eigenvalue weighted by Crippen LogP contribution is -2.39. The molecule has 2 atom stereocenters. The molecule has 0 aromatic rings. The molecule has 4 nitrogen and oxygen atoms in total. The lowest BCUT2D eigenvalue weighted by molar-refractivity contribution is -0.166. The molecule has 0 saturated heterocycles. The molecule has 0 amide bonds. The van der Waals surface area contributed by atoms with Gasteiger partial charge in [-0.2, -0.15) is 0 Å². The molecule has 0 radical (unpaired) electrons. The van der Waals surface area contributed by atoms with Crippen LogP contribution in [-0.2, 0) is 14.3 Å². The van der Waals surface area contributed by atoms with Crippen LogP contribution < -0.4 is 0 Å². The summed E-state index contributed by atoms with van der Waals surface area (Å²) in [6.07, 6.45) is -1.27. The van der Waals surface area contributed by atoms with Crippen molar-refractivity contribution in [3.05, 3.63) is 11.1 Å². The van der Waals surface area contributed by atoms with Crippen LogP contribution in [0.4, 0.5) is 0 Å². The van der Waals surface area contributed by atoms with Crippen LogP contribution in [0.5, 0.6) is 0 Å². The number of aliphatic hydroxyl groups excluding tert-OH is 1. The number of aliphatic hydroxyl groups is 1. The van der Waals surface area contributed by atoms with Gasteiger partial charge in [-0.15, -0.1) is 0 Å². The van der Waals surface area contributed by atoms with Gasteiger partial charge in [-0.05, 0) is 25.0 Å². The van der Waals surface area contributed by atoms with E-state index in [9.17, 15) is 4.79 Å². The Morgan fingerprint density at radius 1 is 1.54 bits per heavy atom. The smallest absolute Gasteiger partial charge is 0.189 e. The fraction of sp³-hybridized carbons (Fsp3) is 0.667. The maximum absolute atomic E-state index is 11.4. The average Bonchev–Trinajstić information content (AvgIpc) is 2.15. The lowest BCUT2D eigenvalue weighted by Gasteiger charge is -2.28. The van der Waals surface area contributed by atoms with E-state index in [1.165, 1.54) is 7.11 Å². The van der Waals surface area contributed by atoms with Gasteiger partial charge in [0.05, 0.1) is 6.61 Å². The Balaban J connectivity index is 2.93. The van der Waals surface area contributed by atoms with E-state index >= 15 is 0 Å². The topological polar surface area (TPSA) is 55.8 Å². The Morgan fingerprint density at radius 2 is 2.15 bits per heavy atom. The van der Waals surface area contributed by atoms with E-state index in [1.807, 2.05) is 0 Å². The fourth-order valence-electron chi connectivity index (χ4n) is 1.28. The molecule has 13 heavy (non-hydrogen) atoms. The minimum Gasteiger partial charge on any atom is -0.393 e. The second-order valence-electron chi connectivity index (χ2n) is 3.05. The van der Waals surface area contributed by atoms with Crippen molar-refractivity contribution in [2.75, 3.05) is 13.7 Å². The highest BCUT2D eigenvalue weighted by Gasteiger charge is 2.31.